The van der Waals surface area contributed by atoms with Crippen LogP contribution in [0.25, 0.3) is 0 Å². The van der Waals surface area contributed by atoms with Crippen LogP contribution in [0, 0.1) is 0 Å². The molecule has 1 atom stereocenters. The quantitative estimate of drug-likeness (QED) is 0.602. The van der Waals surface area contributed by atoms with E-state index in [-0.39, 0.29) is 0 Å². The third-order valence-corrected chi connectivity index (χ3v) is 3.68. The fourth-order valence-electron chi connectivity index (χ4n) is 2.65. The number of likely N-dealkylation sites (tertiary alicyclic amines) is 2. The number of hydrogen-bond donors (Lipinski definition) is 0. The second kappa shape index (κ2) is 4.86. The van der Waals surface area contributed by atoms with Crippen LogP contribution in [0.15, 0.2) is 0 Å². The van der Waals surface area contributed by atoms with E-state index in [1.54, 1.807) is 0 Å². The standard InChI is InChI=1S/C12H22N2O/c1-11-7-3-2-4-10-14(11)12(15)13-8-5-6-9-13/h11H,2-10H2,1H3. The largest absolute Gasteiger partial charge is 0.325 e. The molecule has 2 fully saturated rings. The molecule has 0 aromatic carbocycles. The summed E-state index contributed by atoms with van der Waals surface area (Å²) in [5.41, 5.74) is 0. The average Bonchev–Trinajstić information content (AvgIpc) is 2.68. The van der Waals surface area contributed by atoms with Gasteiger partial charge in [0.2, 0.25) is 0 Å². The van der Waals surface area contributed by atoms with E-state index in [1.165, 1.54) is 38.5 Å². The van der Waals surface area contributed by atoms with Gasteiger partial charge in [-0.1, -0.05) is 12.8 Å². The predicted octanol–water partition coefficient (Wildman–Crippen LogP) is 2.47. The van der Waals surface area contributed by atoms with Gasteiger partial charge in [0.25, 0.3) is 0 Å². The van der Waals surface area contributed by atoms with E-state index in [9.17, 15) is 4.79 Å². The smallest absolute Gasteiger partial charge is 0.320 e. The first-order valence-electron chi connectivity index (χ1n) is 6.34. The third kappa shape index (κ3) is 2.44. The molecule has 0 spiro atoms. The molecule has 0 radical (unpaired) electrons. The van der Waals surface area contributed by atoms with E-state index >= 15 is 0 Å². The van der Waals surface area contributed by atoms with E-state index in [2.05, 4.69) is 11.8 Å². The summed E-state index contributed by atoms with van der Waals surface area (Å²) >= 11 is 0. The van der Waals surface area contributed by atoms with Crippen molar-refractivity contribution in [2.24, 2.45) is 0 Å². The molecule has 0 bridgehead atoms. The Labute approximate surface area is 92.4 Å². The van der Waals surface area contributed by atoms with Gasteiger partial charge in [-0.15, -0.1) is 0 Å². The molecule has 15 heavy (non-hydrogen) atoms. The summed E-state index contributed by atoms with van der Waals surface area (Å²) in [4.78, 5) is 16.3. The molecular formula is C12H22N2O. The highest BCUT2D eigenvalue weighted by molar-refractivity contribution is 5.75. The summed E-state index contributed by atoms with van der Waals surface area (Å²) in [6.07, 6.45) is 7.31. The van der Waals surface area contributed by atoms with Crippen LogP contribution in [0.1, 0.15) is 45.4 Å². The second-order valence-corrected chi connectivity index (χ2v) is 4.87. The number of carbonyl (C=O) groups is 1. The van der Waals surface area contributed by atoms with Crippen LogP contribution in [-0.2, 0) is 0 Å². The summed E-state index contributed by atoms with van der Waals surface area (Å²) in [5.74, 6) is 0. The van der Waals surface area contributed by atoms with E-state index in [0.29, 0.717) is 12.1 Å². The lowest BCUT2D eigenvalue weighted by atomic mass is 10.1. The number of amides is 2. The maximum Gasteiger partial charge on any atom is 0.320 e. The minimum absolute atomic E-state index is 0.293. The van der Waals surface area contributed by atoms with Crippen molar-refractivity contribution >= 4 is 6.03 Å². The van der Waals surface area contributed by atoms with Gasteiger partial charge < -0.3 is 9.80 Å². The second-order valence-electron chi connectivity index (χ2n) is 4.87. The Morgan fingerprint density at radius 2 is 1.67 bits per heavy atom. The van der Waals surface area contributed by atoms with E-state index in [0.717, 1.165) is 19.6 Å². The molecule has 2 rings (SSSR count). The van der Waals surface area contributed by atoms with Gasteiger partial charge in [-0.3, -0.25) is 0 Å². The van der Waals surface area contributed by atoms with Gasteiger partial charge in [0.05, 0.1) is 0 Å². The topological polar surface area (TPSA) is 23.6 Å². The van der Waals surface area contributed by atoms with Crippen molar-refractivity contribution in [3.05, 3.63) is 0 Å². The fraction of sp³-hybridized carbons (Fsp3) is 0.917. The highest BCUT2D eigenvalue weighted by Gasteiger charge is 2.27. The minimum Gasteiger partial charge on any atom is -0.325 e. The fourth-order valence-corrected chi connectivity index (χ4v) is 2.65. The first kappa shape index (κ1) is 10.8. The highest BCUT2D eigenvalue weighted by Crippen LogP contribution is 2.19. The van der Waals surface area contributed by atoms with Crippen LogP contribution in [0.4, 0.5) is 4.79 Å². The molecule has 2 aliphatic rings. The van der Waals surface area contributed by atoms with Crippen molar-refractivity contribution in [2.45, 2.75) is 51.5 Å². The molecular weight excluding hydrogens is 188 g/mol. The number of hydrogen-bond acceptors (Lipinski definition) is 1. The van der Waals surface area contributed by atoms with Crippen LogP contribution < -0.4 is 0 Å². The Balaban J connectivity index is 1.96. The predicted molar refractivity (Wildman–Crippen MR) is 60.8 cm³/mol. The van der Waals surface area contributed by atoms with Crippen LogP contribution in [-0.4, -0.2) is 41.5 Å². The van der Waals surface area contributed by atoms with Crippen LogP contribution in [0.3, 0.4) is 0 Å². The molecule has 0 aromatic heterocycles. The molecule has 0 aromatic rings. The van der Waals surface area contributed by atoms with E-state index < -0.39 is 0 Å². The van der Waals surface area contributed by atoms with Crippen molar-refractivity contribution < 1.29 is 4.79 Å². The summed E-state index contributed by atoms with van der Waals surface area (Å²) in [6.45, 7) is 5.11. The maximum absolute atomic E-state index is 12.2. The van der Waals surface area contributed by atoms with E-state index in [1.807, 2.05) is 4.90 Å². The van der Waals surface area contributed by atoms with Crippen LogP contribution >= 0.6 is 0 Å². The molecule has 0 N–H and O–H groups in total. The third-order valence-electron chi connectivity index (χ3n) is 3.68. The average molecular weight is 210 g/mol. The highest BCUT2D eigenvalue weighted by atomic mass is 16.2. The van der Waals surface area contributed by atoms with Gasteiger partial charge in [-0.25, -0.2) is 4.79 Å². The lowest BCUT2D eigenvalue weighted by Crippen LogP contribution is -2.46. The minimum atomic E-state index is 0.293. The van der Waals surface area contributed by atoms with Gasteiger partial charge in [0.15, 0.2) is 0 Å². The molecule has 1 unspecified atom stereocenters. The van der Waals surface area contributed by atoms with Gasteiger partial charge in [-0.05, 0) is 32.6 Å². The number of carbonyl (C=O) groups excluding carboxylic acids is 1. The first-order valence-corrected chi connectivity index (χ1v) is 6.34. The molecule has 0 aliphatic carbocycles. The molecule has 2 aliphatic heterocycles. The van der Waals surface area contributed by atoms with Crippen molar-refractivity contribution in [1.82, 2.24) is 9.80 Å². The van der Waals surface area contributed by atoms with Crippen LogP contribution in [0.2, 0.25) is 0 Å². The van der Waals surface area contributed by atoms with Crippen molar-refractivity contribution in [3.63, 3.8) is 0 Å². The molecule has 3 heteroatoms. The molecule has 2 saturated heterocycles. The van der Waals surface area contributed by atoms with E-state index in [4.69, 9.17) is 0 Å². The number of urea groups is 1. The normalized spacial score (nSPS) is 27.9. The molecule has 2 heterocycles. The summed E-state index contributed by atoms with van der Waals surface area (Å²) in [5, 5.41) is 0. The van der Waals surface area contributed by atoms with Gasteiger partial charge in [0.1, 0.15) is 0 Å². The Morgan fingerprint density at radius 3 is 2.40 bits per heavy atom. The maximum atomic E-state index is 12.2. The Hall–Kier alpha value is -0.730. The summed E-state index contributed by atoms with van der Waals surface area (Å²) in [6, 6.07) is 0.738. The lowest BCUT2D eigenvalue weighted by Gasteiger charge is -2.31. The zero-order valence-corrected chi connectivity index (χ0v) is 9.74. The zero-order valence-electron chi connectivity index (χ0n) is 9.74. The summed E-state index contributed by atoms with van der Waals surface area (Å²) in [7, 11) is 0. The van der Waals surface area contributed by atoms with Crippen molar-refractivity contribution in [3.8, 4) is 0 Å². The monoisotopic (exact) mass is 210 g/mol. The Kier molecular flexibility index (Phi) is 3.49. The zero-order chi connectivity index (χ0) is 10.7. The number of nitrogens with zero attached hydrogens (tertiary/aromatic N) is 2. The van der Waals surface area contributed by atoms with Crippen LogP contribution in [0.5, 0.6) is 0 Å². The molecule has 86 valence electrons. The first-order chi connectivity index (χ1) is 7.29. The summed E-state index contributed by atoms with van der Waals surface area (Å²) < 4.78 is 0. The SMILES string of the molecule is CC1CCCCCN1C(=O)N1CCCC1. The van der Waals surface area contributed by atoms with Crippen molar-refractivity contribution in [1.29, 1.82) is 0 Å². The van der Waals surface area contributed by atoms with Crippen molar-refractivity contribution in [2.75, 3.05) is 19.6 Å². The molecule has 3 nitrogen and oxygen atoms in total. The molecule has 0 saturated carbocycles. The Morgan fingerprint density at radius 1 is 1.00 bits per heavy atom. The lowest BCUT2D eigenvalue weighted by molar-refractivity contribution is 0.146. The van der Waals surface area contributed by atoms with Gasteiger partial charge in [0, 0.05) is 25.7 Å². The molecule has 2 amide bonds. The number of rotatable bonds is 0. The Bertz CT molecular complexity index is 224. The van der Waals surface area contributed by atoms with Gasteiger partial charge in [-0.2, -0.15) is 0 Å². The van der Waals surface area contributed by atoms with Gasteiger partial charge >= 0.3 is 6.03 Å².